The van der Waals surface area contributed by atoms with Gasteiger partial charge >= 0.3 is 0 Å². The Bertz CT molecular complexity index is 492. The van der Waals surface area contributed by atoms with E-state index in [2.05, 4.69) is 4.72 Å². The molecule has 0 aliphatic carbocycles. The fraction of sp³-hybridized carbons (Fsp3) is 0.538. The maximum Gasteiger partial charge on any atom is 0.241 e. The van der Waals surface area contributed by atoms with E-state index in [1.165, 1.54) is 0 Å². The smallest absolute Gasteiger partial charge is 0.241 e. The summed E-state index contributed by atoms with van der Waals surface area (Å²) in [7, 11) is -1.68. The zero-order valence-corrected chi connectivity index (χ0v) is 13.6. The summed E-state index contributed by atoms with van der Waals surface area (Å²) in [6.07, 6.45) is 0. The highest BCUT2D eigenvalue weighted by molar-refractivity contribution is 7.89. The lowest BCUT2D eigenvalue weighted by Gasteiger charge is -2.30. The van der Waals surface area contributed by atoms with Crippen LogP contribution in [0.2, 0.25) is 0 Å². The summed E-state index contributed by atoms with van der Waals surface area (Å²) in [5.74, 6) is 0. The molecule has 1 aromatic rings. The number of nitrogens with zero attached hydrogens (tertiary/aromatic N) is 1. The second-order valence-corrected chi connectivity index (χ2v) is 6.95. The second kappa shape index (κ2) is 7.95. The molecule has 5 nitrogen and oxygen atoms in total. The highest BCUT2D eigenvalue weighted by atomic mass is 35.5. The zero-order chi connectivity index (χ0) is 14.5. The van der Waals surface area contributed by atoms with Crippen molar-refractivity contribution < 1.29 is 25.9 Å². The van der Waals surface area contributed by atoms with Crippen molar-refractivity contribution in [2.45, 2.75) is 24.3 Å². The Kier molecular flexibility index (Phi) is 7.69. The Morgan fingerprint density at radius 2 is 1.80 bits per heavy atom. The maximum absolute atomic E-state index is 12.2. The van der Waals surface area contributed by atoms with Crippen molar-refractivity contribution in [3.63, 3.8) is 0 Å². The van der Waals surface area contributed by atoms with E-state index in [-0.39, 0.29) is 23.9 Å². The lowest BCUT2D eigenvalue weighted by Crippen LogP contribution is -3.00. The number of aliphatic hydroxyl groups is 1. The molecular formula is C13H22ClN2O3S-. The number of hydrogen-bond donors (Lipinski definition) is 2. The topological polar surface area (TPSA) is 69.6 Å². The van der Waals surface area contributed by atoms with Crippen LogP contribution in [0, 0.1) is 0 Å². The maximum atomic E-state index is 12.2. The van der Waals surface area contributed by atoms with Crippen molar-refractivity contribution in [1.29, 1.82) is 0 Å². The highest BCUT2D eigenvalue weighted by Gasteiger charge is 2.27. The van der Waals surface area contributed by atoms with Crippen molar-refractivity contribution in [2.24, 2.45) is 0 Å². The van der Waals surface area contributed by atoms with Gasteiger partial charge in [0.2, 0.25) is 10.0 Å². The largest absolute Gasteiger partial charge is 1.00 e. The lowest BCUT2D eigenvalue weighted by molar-refractivity contribution is -0.00000911. The number of rotatable bonds is 7. The summed E-state index contributed by atoms with van der Waals surface area (Å²) in [5, 5.41) is 8.86. The van der Waals surface area contributed by atoms with Crippen LogP contribution < -0.4 is 17.1 Å². The van der Waals surface area contributed by atoms with Crippen LogP contribution in [0.1, 0.15) is 13.8 Å². The van der Waals surface area contributed by atoms with E-state index in [1.54, 1.807) is 30.3 Å². The zero-order valence-electron chi connectivity index (χ0n) is 12.0. The Hall–Kier alpha value is -0.660. The van der Waals surface area contributed by atoms with E-state index in [0.29, 0.717) is 13.1 Å². The van der Waals surface area contributed by atoms with E-state index in [4.69, 9.17) is 5.11 Å². The van der Waals surface area contributed by atoms with Gasteiger partial charge < -0.3 is 22.4 Å². The number of sulfonamides is 1. The van der Waals surface area contributed by atoms with Gasteiger partial charge in [0.05, 0.1) is 11.5 Å². The number of likely N-dealkylation sites (N-methyl/N-ethyl adjacent to an activating group) is 1. The van der Waals surface area contributed by atoms with Crippen LogP contribution >= 0.6 is 0 Å². The van der Waals surface area contributed by atoms with Crippen LogP contribution in [0.25, 0.3) is 0 Å². The molecule has 2 N–H and O–H groups in total. The van der Waals surface area contributed by atoms with Gasteiger partial charge in [0, 0.05) is 18.6 Å². The molecule has 1 rings (SSSR count). The molecule has 7 heteroatoms. The fourth-order valence-corrected chi connectivity index (χ4v) is 3.40. The van der Waals surface area contributed by atoms with Crippen LogP contribution in [0.3, 0.4) is 0 Å². The number of benzene rings is 1. The van der Waals surface area contributed by atoms with E-state index in [9.17, 15) is 8.42 Å². The van der Waals surface area contributed by atoms with Gasteiger partial charge in [0.1, 0.15) is 0 Å². The van der Waals surface area contributed by atoms with E-state index in [1.807, 2.05) is 25.8 Å². The molecule has 0 fully saturated rings. The number of hydrogen-bond acceptors (Lipinski definition) is 4. The minimum Gasteiger partial charge on any atom is -1.00 e. The molecule has 0 radical (unpaired) electrons. The molecule has 0 aromatic heterocycles. The molecule has 0 saturated carbocycles. The van der Waals surface area contributed by atoms with Crippen molar-refractivity contribution in [2.75, 3.05) is 26.7 Å². The van der Waals surface area contributed by atoms with Gasteiger partial charge in [-0.1, -0.05) is 18.2 Å². The number of aliphatic hydroxyl groups excluding tert-OH is 1. The van der Waals surface area contributed by atoms with Gasteiger partial charge in [-0.2, -0.15) is 0 Å². The fourth-order valence-electron chi connectivity index (χ4n) is 1.98. The summed E-state index contributed by atoms with van der Waals surface area (Å²) in [4.78, 5) is 2.14. The van der Waals surface area contributed by atoms with Crippen LogP contribution in [0.4, 0.5) is 0 Å². The predicted octanol–water partition coefficient (Wildman–Crippen LogP) is -2.33. The van der Waals surface area contributed by atoms with Gasteiger partial charge in [-0.15, -0.1) is 0 Å². The lowest BCUT2D eigenvalue weighted by atomic mass is 10.1. The standard InChI is InChI=1S/C13H22N2O3S.ClH/c1-13(2,11-15(3)9-10-16)14-19(17,18)12-7-5-4-6-8-12;/h4-8,14,16H,9-11H2,1-3H3;1H/p-1. The first kappa shape index (κ1) is 19.3. The third-order valence-electron chi connectivity index (χ3n) is 2.61. The third kappa shape index (κ3) is 6.19. The number of nitrogens with one attached hydrogen (secondary N) is 1. The van der Waals surface area contributed by atoms with Crippen molar-refractivity contribution >= 4 is 10.0 Å². The van der Waals surface area contributed by atoms with Gasteiger partial charge in [0.25, 0.3) is 0 Å². The van der Waals surface area contributed by atoms with Crippen molar-refractivity contribution in [3.05, 3.63) is 30.3 Å². The summed E-state index contributed by atoms with van der Waals surface area (Å²) in [6.45, 7) is 4.72. The highest BCUT2D eigenvalue weighted by Crippen LogP contribution is 2.13. The third-order valence-corrected chi connectivity index (χ3v) is 4.33. The minimum atomic E-state index is -3.52. The van der Waals surface area contributed by atoms with Crippen LogP contribution in [-0.2, 0) is 10.0 Å². The molecule has 0 spiro atoms. The minimum absolute atomic E-state index is 0. The molecule has 0 aliphatic rings. The van der Waals surface area contributed by atoms with Gasteiger partial charge in [-0.3, -0.25) is 0 Å². The summed E-state index contributed by atoms with van der Waals surface area (Å²) < 4.78 is 27.1. The van der Waals surface area contributed by atoms with Crippen LogP contribution in [0.15, 0.2) is 35.2 Å². The normalized spacial score (nSPS) is 12.2. The molecule has 0 aliphatic heterocycles. The van der Waals surface area contributed by atoms with Crippen LogP contribution in [-0.4, -0.2) is 50.7 Å². The Balaban J connectivity index is 0.00000361. The van der Waals surface area contributed by atoms with E-state index in [0.717, 1.165) is 0 Å². The van der Waals surface area contributed by atoms with Crippen molar-refractivity contribution in [3.8, 4) is 0 Å². The van der Waals surface area contributed by atoms with Crippen LogP contribution in [0.5, 0.6) is 0 Å². The van der Waals surface area contributed by atoms with E-state index >= 15 is 0 Å². The average Bonchev–Trinajstić information content (AvgIpc) is 2.28. The first-order valence-corrected chi connectivity index (χ1v) is 7.63. The molecule has 116 valence electrons. The van der Waals surface area contributed by atoms with Gasteiger partial charge in [-0.05, 0) is 33.0 Å². The molecule has 20 heavy (non-hydrogen) atoms. The number of halogens is 1. The Morgan fingerprint density at radius 1 is 1.25 bits per heavy atom. The summed E-state index contributed by atoms with van der Waals surface area (Å²) in [6, 6.07) is 8.30. The molecule has 0 amide bonds. The monoisotopic (exact) mass is 321 g/mol. The average molecular weight is 322 g/mol. The summed E-state index contributed by atoms with van der Waals surface area (Å²) >= 11 is 0. The van der Waals surface area contributed by atoms with Gasteiger partial charge in [0.15, 0.2) is 0 Å². The molecule has 0 unspecified atom stereocenters. The van der Waals surface area contributed by atoms with Gasteiger partial charge in [-0.25, -0.2) is 13.1 Å². The Morgan fingerprint density at radius 3 is 2.30 bits per heavy atom. The molecule has 0 bridgehead atoms. The predicted molar refractivity (Wildman–Crippen MR) is 75.4 cm³/mol. The molecule has 0 saturated heterocycles. The Labute approximate surface area is 127 Å². The van der Waals surface area contributed by atoms with E-state index < -0.39 is 15.6 Å². The quantitative estimate of drug-likeness (QED) is 0.591. The van der Waals surface area contributed by atoms with Crippen molar-refractivity contribution in [1.82, 2.24) is 9.62 Å². The molecule has 0 heterocycles. The second-order valence-electron chi connectivity index (χ2n) is 5.26. The molecule has 1 aromatic carbocycles. The SMILES string of the molecule is CN(CCO)CC(C)(C)NS(=O)(=O)c1ccccc1.[Cl-]. The first-order valence-electron chi connectivity index (χ1n) is 6.15. The summed E-state index contributed by atoms with van der Waals surface area (Å²) in [5.41, 5.74) is -0.613. The molecular weight excluding hydrogens is 300 g/mol. The first-order chi connectivity index (χ1) is 8.77. The molecule has 0 atom stereocenters.